The minimum atomic E-state index is -4.38. The summed E-state index contributed by atoms with van der Waals surface area (Å²) in [6.45, 7) is 3.22. The molecule has 0 bridgehead atoms. The molecular formula is C24H24F4N4OS. The SMILES string of the molecule is O=C(C1CCCN(c2nc3c(F)cccc3s2)C1)N1CCN(c2cccc(C(F)(F)F)c2)CC1. The number of fused-ring (bicyclic) bond motifs is 1. The van der Waals surface area contributed by atoms with Gasteiger partial charge in [-0.15, -0.1) is 0 Å². The maximum atomic E-state index is 14.1. The van der Waals surface area contributed by atoms with Crippen LogP contribution in [0.2, 0.25) is 0 Å². The second-order valence-electron chi connectivity index (χ2n) is 8.73. The third-order valence-corrected chi connectivity index (χ3v) is 7.61. The van der Waals surface area contributed by atoms with Gasteiger partial charge in [0.25, 0.3) is 0 Å². The Morgan fingerprint density at radius 3 is 2.50 bits per heavy atom. The number of piperidine rings is 1. The number of carbonyl (C=O) groups excluding carboxylic acids is 1. The summed E-state index contributed by atoms with van der Waals surface area (Å²) in [5, 5.41) is 0.729. The highest BCUT2D eigenvalue weighted by Gasteiger charge is 2.33. The maximum Gasteiger partial charge on any atom is 0.416 e. The van der Waals surface area contributed by atoms with Crippen molar-refractivity contribution in [1.82, 2.24) is 9.88 Å². The molecule has 34 heavy (non-hydrogen) atoms. The average Bonchev–Trinajstić information content (AvgIpc) is 3.29. The van der Waals surface area contributed by atoms with Crippen LogP contribution in [-0.2, 0) is 11.0 Å². The number of rotatable bonds is 3. The van der Waals surface area contributed by atoms with E-state index >= 15 is 0 Å². The Hall–Kier alpha value is -2.88. The molecule has 3 heterocycles. The first-order valence-corrected chi connectivity index (χ1v) is 12.1. The van der Waals surface area contributed by atoms with Gasteiger partial charge in [-0.05, 0) is 43.2 Å². The number of halogens is 4. The summed E-state index contributed by atoms with van der Waals surface area (Å²) in [6.07, 6.45) is -2.75. The number of hydrogen-bond donors (Lipinski definition) is 0. The van der Waals surface area contributed by atoms with Crippen molar-refractivity contribution in [3.8, 4) is 0 Å². The van der Waals surface area contributed by atoms with E-state index in [2.05, 4.69) is 9.88 Å². The molecule has 0 aliphatic carbocycles. The van der Waals surface area contributed by atoms with Crippen LogP contribution in [0, 0.1) is 11.7 Å². The average molecular weight is 493 g/mol. The van der Waals surface area contributed by atoms with Crippen LogP contribution in [0.4, 0.5) is 28.4 Å². The van der Waals surface area contributed by atoms with E-state index in [-0.39, 0.29) is 17.6 Å². The van der Waals surface area contributed by atoms with Gasteiger partial charge in [0, 0.05) is 45.0 Å². The summed E-state index contributed by atoms with van der Waals surface area (Å²) in [5.74, 6) is -0.449. The van der Waals surface area contributed by atoms with Crippen molar-refractivity contribution in [2.45, 2.75) is 19.0 Å². The molecule has 180 valence electrons. The molecule has 2 aromatic carbocycles. The molecule has 1 atom stereocenters. The van der Waals surface area contributed by atoms with E-state index in [0.717, 1.165) is 41.4 Å². The number of thiazole rings is 1. The van der Waals surface area contributed by atoms with E-state index in [4.69, 9.17) is 0 Å². The quantitative estimate of drug-likeness (QED) is 0.482. The normalized spacial score (nSPS) is 19.6. The molecule has 0 saturated carbocycles. The topological polar surface area (TPSA) is 39.7 Å². The molecule has 2 fully saturated rings. The lowest BCUT2D eigenvalue weighted by molar-refractivity contribution is -0.137. The van der Waals surface area contributed by atoms with Crippen molar-refractivity contribution < 1.29 is 22.4 Å². The Kier molecular flexibility index (Phi) is 6.09. The molecule has 5 nitrogen and oxygen atoms in total. The number of benzene rings is 2. The predicted molar refractivity (Wildman–Crippen MR) is 125 cm³/mol. The molecule has 0 spiro atoms. The molecule has 3 aromatic rings. The summed E-state index contributed by atoms with van der Waals surface area (Å²) < 4.78 is 54.0. The lowest BCUT2D eigenvalue weighted by Crippen LogP contribution is -2.52. The molecule has 0 N–H and O–H groups in total. The number of amides is 1. The maximum absolute atomic E-state index is 14.1. The Balaban J connectivity index is 1.22. The van der Waals surface area contributed by atoms with E-state index < -0.39 is 11.7 Å². The molecule has 2 aliphatic rings. The summed E-state index contributed by atoms with van der Waals surface area (Å²) in [4.78, 5) is 23.5. The van der Waals surface area contributed by atoms with Crippen LogP contribution in [0.5, 0.6) is 0 Å². The molecular weight excluding hydrogens is 468 g/mol. The van der Waals surface area contributed by atoms with E-state index in [1.807, 2.05) is 15.9 Å². The molecule has 2 saturated heterocycles. The highest BCUT2D eigenvalue weighted by molar-refractivity contribution is 7.22. The minimum Gasteiger partial charge on any atom is -0.368 e. The van der Waals surface area contributed by atoms with Gasteiger partial charge in [-0.1, -0.05) is 23.5 Å². The van der Waals surface area contributed by atoms with Crippen LogP contribution in [0.1, 0.15) is 18.4 Å². The van der Waals surface area contributed by atoms with Crippen LogP contribution in [0.25, 0.3) is 10.2 Å². The number of para-hydroxylation sites is 1. The molecule has 10 heteroatoms. The first-order chi connectivity index (χ1) is 16.3. The largest absolute Gasteiger partial charge is 0.416 e. The summed E-state index contributed by atoms with van der Waals surface area (Å²) in [5.41, 5.74) is 0.219. The number of aromatic nitrogens is 1. The van der Waals surface area contributed by atoms with Crippen molar-refractivity contribution >= 4 is 38.3 Å². The van der Waals surface area contributed by atoms with Gasteiger partial charge in [-0.2, -0.15) is 13.2 Å². The Morgan fingerprint density at radius 2 is 1.76 bits per heavy atom. The van der Waals surface area contributed by atoms with Crippen molar-refractivity contribution in [3.63, 3.8) is 0 Å². The van der Waals surface area contributed by atoms with Crippen LogP contribution in [-0.4, -0.2) is 55.1 Å². The van der Waals surface area contributed by atoms with E-state index in [0.29, 0.717) is 43.9 Å². The second-order valence-corrected chi connectivity index (χ2v) is 9.74. The molecule has 2 aliphatic heterocycles. The molecule has 5 rings (SSSR count). The summed E-state index contributed by atoms with van der Waals surface area (Å²) in [6, 6.07) is 10.2. The lowest BCUT2D eigenvalue weighted by Gasteiger charge is -2.39. The molecule has 1 unspecified atom stereocenters. The van der Waals surface area contributed by atoms with Crippen molar-refractivity contribution in [1.29, 1.82) is 0 Å². The Morgan fingerprint density at radius 1 is 1.00 bits per heavy atom. The number of nitrogens with zero attached hydrogens (tertiary/aromatic N) is 4. The summed E-state index contributed by atoms with van der Waals surface area (Å²) in [7, 11) is 0. The second kappa shape index (κ2) is 9.05. The van der Waals surface area contributed by atoms with Gasteiger partial charge in [0.2, 0.25) is 5.91 Å². The van der Waals surface area contributed by atoms with Crippen LogP contribution in [0.3, 0.4) is 0 Å². The molecule has 1 amide bonds. The molecule has 0 radical (unpaired) electrons. The zero-order valence-corrected chi connectivity index (χ0v) is 19.2. The summed E-state index contributed by atoms with van der Waals surface area (Å²) >= 11 is 1.43. The Labute approximate surface area is 198 Å². The van der Waals surface area contributed by atoms with Crippen LogP contribution in [0.15, 0.2) is 42.5 Å². The van der Waals surface area contributed by atoms with Gasteiger partial charge in [0.1, 0.15) is 11.3 Å². The van der Waals surface area contributed by atoms with Crippen molar-refractivity contribution in [2.75, 3.05) is 49.1 Å². The van der Waals surface area contributed by atoms with Gasteiger partial charge in [-0.25, -0.2) is 9.37 Å². The van der Waals surface area contributed by atoms with E-state index in [9.17, 15) is 22.4 Å². The fourth-order valence-electron chi connectivity index (χ4n) is 4.71. The van der Waals surface area contributed by atoms with Gasteiger partial charge in [-0.3, -0.25) is 4.79 Å². The fraction of sp³-hybridized carbons (Fsp3) is 0.417. The fourth-order valence-corrected chi connectivity index (χ4v) is 5.73. The van der Waals surface area contributed by atoms with Gasteiger partial charge in [0.15, 0.2) is 5.13 Å². The van der Waals surface area contributed by atoms with Crippen LogP contribution >= 0.6 is 11.3 Å². The lowest BCUT2D eigenvalue weighted by atomic mass is 9.96. The minimum absolute atomic E-state index is 0.0701. The Bertz CT molecular complexity index is 1190. The number of hydrogen-bond acceptors (Lipinski definition) is 5. The third-order valence-electron chi connectivity index (χ3n) is 6.53. The highest BCUT2D eigenvalue weighted by Crippen LogP contribution is 2.34. The predicted octanol–water partition coefficient (Wildman–Crippen LogP) is 5.02. The van der Waals surface area contributed by atoms with E-state index in [1.54, 1.807) is 12.1 Å². The van der Waals surface area contributed by atoms with Crippen molar-refractivity contribution in [3.05, 3.63) is 53.8 Å². The van der Waals surface area contributed by atoms with Gasteiger partial charge >= 0.3 is 6.18 Å². The smallest absolute Gasteiger partial charge is 0.368 e. The third kappa shape index (κ3) is 4.55. The first-order valence-electron chi connectivity index (χ1n) is 11.3. The number of piperazine rings is 1. The highest BCUT2D eigenvalue weighted by atomic mass is 32.1. The number of carbonyl (C=O) groups is 1. The first kappa shape index (κ1) is 22.9. The number of anilines is 2. The van der Waals surface area contributed by atoms with Gasteiger partial charge in [0.05, 0.1) is 16.2 Å². The standard InChI is InChI=1S/C24H24F4N4OS/c25-19-7-2-8-20-21(19)29-23(34-20)32-9-3-4-16(15-32)22(33)31-12-10-30(11-13-31)18-6-1-5-17(14-18)24(26,27)28/h1-2,5-8,14,16H,3-4,9-13,15H2. The monoisotopic (exact) mass is 492 g/mol. The molecule has 1 aromatic heterocycles. The van der Waals surface area contributed by atoms with Crippen LogP contribution < -0.4 is 9.80 Å². The zero-order valence-electron chi connectivity index (χ0n) is 18.4. The van der Waals surface area contributed by atoms with Crippen molar-refractivity contribution in [2.24, 2.45) is 5.92 Å². The van der Waals surface area contributed by atoms with Gasteiger partial charge < -0.3 is 14.7 Å². The van der Waals surface area contributed by atoms with E-state index in [1.165, 1.54) is 23.5 Å². The number of alkyl halides is 3. The zero-order chi connectivity index (χ0) is 23.9.